The normalized spacial score (nSPS) is 45.2. The molecule has 0 amide bonds. The molecular formula is C17H24O4. The van der Waals surface area contributed by atoms with Crippen LogP contribution < -0.4 is 0 Å². The molecule has 0 aromatic carbocycles. The summed E-state index contributed by atoms with van der Waals surface area (Å²) in [6, 6.07) is 0. The largest absolute Gasteiger partial charge is 0.461 e. The lowest BCUT2D eigenvalue weighted by molar-refractivity contribution is -0.153. The Balaban J connectivity index is 1.92. The first-order valence-corrected chi connectivity index (χ1v) is 7.92. The topological polar surface area (TPSA) is 52.6 Å². The highest BCUT2D eigenvalue weighted by Gasteiger charge is 2.57. The van der Waals surface area contributed by atoms with Crippen LogP contribution in [0.4, 0.5) is 0 Å². The summed E-state index contributed by atoms with van der Waals surface area (Å²) in [5.74, 6) is 1.07. The first-order chi connectivity index (χ1) is 9.83. The summed E-state index contributed by atoms with van der Waals surface area (Å²) in [6.45, 7) is 7.78. The van der Waals surface area contributed by atoms with Crippen molar-refractivity contribution < 1.29 is 19.1 Å². The summed E-state index contributed by atoms with van der Waals surface area (Å²) < 4.78 is 11.1. The van der Waals surface area contributed by atoms with Crippen LogP contribution in [0, 0.1) is 29.1 Å². The van der Waals surface area contributed by atoms with E-state index in [4.69, 9.17) is 9.47 Å². The maximum absolute atomic E-state index is 12.0. The van der Waals surface area contributed by atoms with Crippen LogP contribution in [-0.4, -0.2) is 18.0 Å². The molecule has 0 spiro atoms. The van der Waals surface area contributed by atoms with E-state index < -0.39 is 0 Å². The second-order valence-electron chi connectivity index (χ2n) is 7.27. The second-order valence-corrected chi connectivity index (χ2v) is 7.27. The molecule has 1 unspecified atom stereocenters. The smallest absolute Gasteiger partial charge is 0.309 e. The Morgan fingerprint density at radius 3 is 2.76 bits per heavy atom. The molecule has 116 valence electrons. The third kappa shape index (κ3) is 2.19. The third-order valence-electron chi connectivity index (χ3n) is 5.91. The molecule has 1 saturated heterocycles. The highest BCUT2D eigenvalue weighted by Crippen LogP contribution is 2.57. The Morgan fingerprint density at radius 2 is 2.10 bits per heavy atom. The van der Waals surface area contributed by atoms with Crippen molar-refractivity contribution in [3.63, 3.8) is 0 Å². The molecule has 4 heteroatoms. The number of esters is 2. The summed E-state index contributed by atoms with van der Waals surface area (Å²) >= 11 is 0. The lowest BCUT2D eigenvalue weighted by atomic mass is 9.54. The van der Waals surface area contributed by atoms with Crippen LogP contribution in [-0.2, 0) is 19.1 Å². The fourth-order valence-corrected chi connectivity index (χ4v) is 4.73. The minimum absolute atomic E-state index is 0.00479. The standard InChI is InChI=1S/C17H24O4/c1-9-12-5-7-17(4)8-6-13(20-11(3)18)10(2)14(17)15(12)21-16(9)19/h6,9-10,12,14-15H,5,7-8H2,1-4H3/t9-,10+,12?,14+,15-,17-/m0/s1. The van der Waals surface area contributed by atoms with E-state index in [1.807, 2.05) is 6.92 Å². The van der Waals surface area contributed by atoms with Gasteiger partial charge in [0.15, 0.2) is 0 Å². The van der Waals surface area contributed by atoms with Crippen LogP contribution in [0.15, 0.2) is 11.8 Å². The van der Waals surface area contributed by atoms with Crippen LogP contribution in [0.3, 0.4) is 0 Å². The van der Waals surface area contributed by atoms with Crippen molar-refractivity contribution >= 4 is 11.9 Å². The minimum atomic E-state index is -0.277. The summed E-state index contributed by atoms with van der Waals surface area (Å²) in [5.41, 5.74) is 0.134. The number of hydrogen-bond donors (Lipinski definition) is 0. The van der Waals surface area contributed by atoms with Gasteiger partial charge in [0.2, 0.25) is 0 Å². The van der Waals surface area contributed by atoms with Crippen LogP contribution >= 0.6 is 0 Å². The van der Waals surface area contributed by atoms with Crippen LogP contribution in [0.2, 0.25) is 0 Å². The molecule has 1 aliphatic heterocycles. The molecule has 1 heterocycles. The van der Waals surface area contributed by atoms with Crippen molar-refractivity contribution in [1.29, 1.82) is 0 Å². The van der Waals surface area contributed by atoms with E-state index in [-0.39, 0.29) is 41.2 Å². The molecule has 0 N–H and O–H groups in total. The van der Waals surface area contributed by atoms with Gasteiger partial charge in [0, 0.05) is 24.7 Å². The Hall–Kier alpha value is -1.32. The number of fused-ring (bicyclic) bond motifs is 3. The van der Waals surface area contributed by atoms with Crippen molar-refractivity contribution in [1.82, 2.24) is 0 Å². The minimum Gasteiger partial charge on any atom is -0.461 e. The Kier molecular flexibility index (Phi) is 3.38. The van der Waals surface area contributed by atoms with E-state index in [0.717, 1.165) is 25.0 Å². The van der Waals surface area contributed by atoms with Gasteiger partial charge in [-0.2, -0.15) is 0 Å². The predicted octanol–water partition coefficient (Wildman–Crippen LogP) is 3.07. The third-order valence-corrected chi connectivity index (χ3v) is 5.91. The van der Waals surface area contributed by atoms with Crippen molar-refractivity contribution in [3.8, 4) is 0 Å². The molecule has 21 heavy (non-hydrogen) atoms. The van der Waals surface area contributed by atoms with Crippen LogP contribution in [0.1, 0.15) is 47.0 Å². The van der Waals surface area contributed by atoms with Crippen molar-refractivity contribution in [2.75, 3.05) is 0 Å². The summed E-state index contributed by atoms with van der Waals surface area (Å²) in [4.78, 5) is 23.2. The average Bonchev–Trinajstić information content (AvgIpc) is 2.68. The van der Waals surface area contributed by atoms with Gasteiger partial charge in [-0.3, -0.25) is 9.59 Å². The fourth-order valence-electron chi connectivity index (χ4n) is 4.73. The predicted molar refractivity (Wildman–Crippen MR) is 77.0 cm³/mol. The van der Waals surface area contributed by atoms with Gasteiger partial charge in [-0.1, -0.05) is 20.8 Å². The SMILES string of the molecule is CC(=O)OC1=CC[C@]2(C)CCC3[C@H](C)C(=O)O[C@@H]3[C@H]2[C@@H]1C. The van der Waals surface area contributed by atoms with Gasteiger partial charge in [-0.15, -0.1) is 0 Å². The summed E-state index contributed by atoms with van der Waals surface area (Å²) in [6.07, 6.45) is 5.07. The summed E-state index contributed by atoms with van der Waals surface area (Å²) in [7, 11) is 0. The first kappa shape index (κ1) is 14.6. The average molecular weight is 292 g/mol. The fraction of sp³-hybridized carbons (Fsp3) is 0.765. The second kappa shape index (κ2) is 4.85. The molecule has 0 aromatic rings. The van der Waals surface area contributed by atoms with Crippen molar-refractivity contribution in [2.24, 2.45) is 29.1 Å². The van der Waals surface area contributed by atoms with Crippen LogP contribution in [0.25, 0.3) is 0 Å². The van der Waals surface area contributed by atoms with Crippen LogP contribution in [0.5, 0.6) is 0 Å². The molecule has 0 aromatic heterocycles. The number of carbonyl (C=O) groups excluding carboxylic acids is 2. The van der Waals surface area contributed by atoms with Crippen molar-refractivity contribution in [2.45, 2.75) is 53.1 Å². The molecule has 1 saturated carbocycles. The number of rotatable bonds is 1. The number of carbonyl (C=O) groups is 2. The lowest BCUT2D eigenvalue weighted by Crippen LogP contribution is -2.49. The number of allylic oxidation sites excluding steroid dienone is 2. The zero-order valence-corrected chi connectivity index (χ0v) is 13.2. The summed E-state index contributed by atoms with van der Waals surface area (Å²) in [5, 5.41) is 0. The zero-order valence-electron chi connectivity index (χ0n) is 13.2. The van der Waals surface area contributed by atoms with E-state index in [9.17, 15) is 9.59 Å². The maximum atomic E-state index is 12.0. The van der Waals surface area contributed by atoms with Gasteiger partial charge in [-0.05, 0) is 30.8 Å². The molecule has 2 fully saturated rings. The molecule has 2 aliphatic carbocycles. The Bertz CT molecular complexity index is 509. The molecule has 4 nitrogen and oxygen atoms in total. The molecule has 3 aliphatic rings. The maximum Gasteiger partial charge on any atom is 0.309 e. The van der Waals surface area contributed by atoms with E-state index in [1.165, 1.54) is 6.92 Å². The van der Waals surface area contributed by atoms with E-state index in [1.54, 1.807) is 0 Å². The highest BCUT2D eigenvalue weighted by molar-refractivity contribution is 5.75. The quantitative estimate of drug-likeness (QED) is 0.697. The van der Waals surface area contributed by atoms with Gasteiger partial charge in [0.05, 0.1) is 5.92 Å². The van der Waals surface area contributed by atoms with Gasteiger partial charge < -0.3 is 9.47 Å². The number of ether oxygens (including phenoxy) is 2. The Morgan fingerprint density at radius 1 is 1.38 bits per heavy atom. The Labute approximate surface area is 125 Å². The van der Waals surface area contributed by atoms with Crippen molar-refractivity contribution in [3.05, 3.63) is 11.8 Å². The zero-order chi connectivity index (χ0) is 15.4. The van der Waals surface area contributed by atoms with E-state index in [2.05, 4.69) is 19.9 Å². The lowest BCUT2D eigenvalue weighted by Gasteiger charge is -2.51. The van der Waals surface area contributed by atoms with Gasteiger partial charge in [0.1, 0.15) is 11.9 Å². The monoisotopic (exact) mass is 292 g/mol. The van der Waals surface area contributed by atoms with E-state index in [0.29, 0.717) is 5.92 Å². The number of hydrogen-bond acceptors (Lipinski definition) is 4. The molecule has 6 atom stereocenters. The molecular weight excluding hydrogens is 268 g/mol. The first-order valence-electron chi connectivity index (χ1n) is 7.92. The molecule has 3 rings (SSSR count). The highest BCUT2D eigenvalue weighted by atomic mass is 16.6. The molecule has 0 bridgehead atoms. The van der Waals surface area contributed by atoms with Gasteiger partial charge >= 0.3 is 11.9 Å². The van der Waals surface area contributed by atoms with Gasteiger partial charge in [0.25, 0.3) is 0 Å². The molecule has 0 radical (unpaired) electrons. The van der Waals surface area contributed by atoms with Gasteiger partial charge in [-0.25, -0.2) is 0 Å². The van der Waals surface area contributed by atoms with E-state index >= 15 is 0 Å².